The third-order valence-electron chi connectivity index (χ3n) is 5.27. The van der Waals surface area contributed by atoms with Crippen LogP contribution in [0.1, 0.15) is 40.5 Å². The van der Waals surface area contributed by atoms with Crippen molar-refractivity contribution in [2.24, 2.45) is 0 Å². The molecule has 1 atom stereocenters. The number of thiophene rings is 1. The molecule has 0 saturated carbocycles. The Balaban J connectivity index is 1.74. The topological polar surface area (TPSA) is 105 Å². The number of aromatic nitrogens is 2. The van der Waals surface area contributed by atoms with Crippen molar-refractivity contribution in [3.8, 4) is 5.75 Å². The van der Waals surface area contributed by atoms with E-state index in [9.17, 15) is 14.7 Å². The van der Waals surface area contributed by atoms with Gasteiger partial charge in [0.25, 0.3) is 5.56 Å². The van der Waals surface area contributed by atoms with E-state index in [1.165, 1.54) is 7.11 Å². The number of aliphatic hydroxyl groups excluding tert-OH is 1. The molecule has 8 nitrogen and oxygen atoms in total. The van der Waals surface area contributed by atoms with E-state index in [1.54, 1.807) is 6.92 Å². The number of aryl methyl sites for hydroxylation is 2. The van der Waals surface area contributed by atoms with Crippen molar-refractivity contribution >= 4 is 27.5 Å². The van der Waals surface area contributed by atoms with E-state index in [0.717, 1.165) is 22.6 Å². The standard InChI is InChI=1S/C23H29N3O5S/c1-13(2)26(10-16(27)12-31-17-9-7-6-8-14(17)3)11-18-24-21(28)19-15(4)20(23(29)30-5)32-22(19)25-18/h6-9,13,16,27H,10-12H2,1-5H3,(H,24,25,28)/t16-/m1/s1. The molecule has 0 radical (unpaired) electrons. The lowest BCUT2D eigenvalue weighted by Gasteiger charge is -2.28. The minimum Gasteiger partial charge on any atom is -0.491 e. The summed E-state index contributed by atoms with van der Waals surface area (Å²) < 4.78 is 10.6. The van der Waals surface area contributed by atoms with Gasteiger partial charge in [-0.25, -0.2) is 9.78 Å². The number of aliphatic hydroxyl groups is 1. The van der Waals surface area contributed by atoms with Crippen LogP contribution in [0.3, 0.4) is 0 Å². The summed E-state index contributed by atoms with van der Waals surface area (Å²) >= 11 is 1.15. The molecule has 1 aromatic carbocycles. The number of esters is 1. The van der Waals surface area contributed by atoms with Gasteiger partial charge in [-0.3, -0.25) is 9.69 Å². The summed E-state index contributed by atoms with van der Waals surface area (Å²) in [5.74, 6) is 0.737. The summed E-state index contributed by atoms with van der Waals surface area (Å²) in [5.41, 5.74) is 1.29. The number of para-hydroxylation sites is 1. The molecule has 0 unspecified atom stereocenters. The Morgan fingerprint density at radius 3 is 2.66 bits per heavy atom. The van der Waals surface area contributed by atoms with Gasteiger partial charge in [-0.15, -0.1) is 11.3 Å². The van der Waals surface area contributed by atoms with E-state index in [4.69, 9.17) is 9.47 Å². The van der Waals surface area contributed by atoms with Crippen molar-refractivity contribution in [2.45, 2.75) is 46.4 Å². The third kappa shape index (κ3) is 5.35. The van der Waals surface area contributed by atoms with Crippen LogP contribution in [0.5, 0.6) is 5.75 Å². The normalized spacial score (nSPS) is 12.5. The summed E-state index contributed by atoms with van der Waals surface area (Å²) in [4.78, 5) is 34.9. The van der Waals surface area contributed by atoms with Gasteiger partial charge in [-0.1, -0.05) is 18.2 Å². The zero-order valence-corrected chi connectivity index (χ0v) is 19.8. The van der Waals surface area contributed by atoms with E-state index in [-0.39, 0.29) is 18.2 Å². The van der Waals surface area contributed by atoms with Crippen molar-refractivity contribution in [3.63, 3.8) is 0 Å². The second-order valence-electron chi connectivity index (χ2n) is 7.99. The van der Waals surface area contributed by atoms with Crippen LogP contribution in [0, 0.1) is 13.8 Å². The lowest BCUT2D eigenvalue weighted by Crippen LogP contribution is -2.40. The maximum atomic E-state index is 12.7. The molecule has 2 heterocycles. The first-order valence-corrected chi connectivity index (χ1v) is 11.2. The smallest absolute Gasteiger partial charge is 0.348 e. The van der Waals surface area contributed by atoms with Crippen LogP contribution in [0.25, 0.3) is 10.2 Å². The van der Waals surface area contributed by atoms with Crippen molar-refractivity contribution < 1.29 is 19.4 Å². The number of hydrogen-bond acceptors (Lipinski definition) is 8. The molecule has 3 aromatic rings. The van der Waals surface area contributed by atoms with E-state index in [1.807, 2.05) is 49.9 Å². The Bertz CT molecular complexity index is 1150. The predicted octanol–water partition coefficient (Wildman–Crippen LogP) is 3.04. The molecule has 9 heteroatoms. The van der Waals surface area contributed by atoms with Gasteiger partial charge in [0, 0.05) is 12.6 Å². The van der Waals surface area contributed by atoms with Gasteiger partial charge in [0.2, 0.25) is 0 Å². The first kappa shape index (κ1) is 23.9. The number of nitrogens with zero attached hydrogens (tertiary/aromatic N) is 2. The minimum absolute atomic E-state index is 0.0970. The Morgan fingerprint density at radius 1 is 1.28 bits per heavy atom. The third-order valence-corrected chi connectivity index (χ3v) is 6.44. The van der Waals surface area contributed by atoms with Crippen LogP contribution in [0.15, 0.2) is 29.1 Å². The number of benzene rings is 1. The maximum Gasteiger partial charge on any atom is 0.348 e. The second-order valence-corrected chi connectivity index (χ2v) is 8.99. The molecule has 0 aliphatic carbocycles. The fraction of sp³-hybridized carbons (Fsp3) is 0.435. The second kappa shape index (κ2) is 10.2. The number of rotatable bonds is 9. The van der Waals surface area contributed by atoms with Gasteiger partial charge in [-0.05, 0) is 44.9 Å². The molecular weight excluding hydrogens is 430 g/mol. The molecule has 2 aromatic heterocycles. The molecule has 32 heavy (non-hydrogen) atoms. The summed E-state index contributed by atoms with van der Waals surface area (Å²) in [6.45, 7) is 8.54. The van der Waals surface area contributed by atoms with Crippen LogP contribution in [0.2, 0.25) is 0 Å². The molecule has 0 spiro atoms. The van der Waals surface area contributed by atoms with Crippen LogP contribution < -0.4 is 10.3 Å². The number of ether oxygens (including phenoxy) is 2. The van der Waals surface area contributed by atoms with Crippen LogP contribution >= 0.6 is 11.3 Å². The number of methoxy groups -OCH3 is 1. The van der Waals surface area contributed by atoms with Crippen molar-refractivity contribution in [1.29, 1.82) is 0 Å². The van der Waals surface area contributed by atoms with Crippen molar-refractivity contribution in [3.05, 3.63) is 56.4 Å². The average molecular weight is 460 g/mol. The molecule has 0 saturated heterocycles. The quantitative estimate of drug-likeness (QED) is 0.474. The highest BCUT2D eigenvalue weighted by atomic mass is 32.1. The van der Waals surface area contributed by atoms with Gasteiger partial charge >= 0.3 is 5.97 Å². The fourth-order valence-electron chi connectivity index (χ4n) is 3.43. The highest BCUT2D eigenvalue weighted by Crippen LogP contribution is 2.27. The maximum absolute atomic E-state index is 12.7. The van der Waals surface area contributed by atoms with Crippen LogP contribution in [-0.2, 0) is 11.3 Å². The molecule has 2 N–H and O–H groups in total. The number of hydrogen-bond donors (Lipinski definition) is 2. The Kier molecular flexibility index (Phi) is 7.65. The van der Waals surface area contributed by atoms with Gasteiger partial charge in [0.1, 0.15) is 34.0 Å². The molecule has 0 bridgehead atoms. The lowest BCUT2D eigenvalue weighted by atomic mass is 10.2. The fourth-order valence-corrected chi connectivity index (χ4v) is 4.55. The Labute approximate surface area is 190 Å². The highest BCUT2D eigenvalue weighted by molar-refractivity contribution is 7.20. The Morgan fingerprint density at radius 2 is 2.00 bits per heavy atom. The molecule has 3 rings (SSSR count). The number of aromatic amines is 1. The lowest BCUT2D eigenvalue weighted by molar-refractivity contribution is 0.0531. The molecular formula is C23H29N3O5S. The highest BCUT2D eigenvalue weighted by Gasteiger charge is 2.22. The minimum atomic E-state index is -0.720. The summed E-state index contributed by atoms with van der Waals surface area (Å²) in [7, 11) is 1.31. The molecule has 0 fully saturated rings. The first-order chi connectivity index (χ1) is 15.2. The van der Waals surface area contributed by atoms with Gasteiger partial charge in [0.15, 0.2) is 0 Å². The number of carbonyl (C=O) groups excluding carboxylic acids is 1. The number of carbonyl (C=O) groups is 1. The number of nitrogens with one attached hydrogen (secondary N) is 1. The van der Waals surface area contributed by atoms with Gasteiger partial charge in [0.05, 0.1) is 19.0 Å². The number of fused-ring (bicyclic) bond motifs is 1. The zero-order chi connectivity index (χ0) is 23.4. The largest absolute Gasteiger partial charge is 0.491 e. The summed E-state index contributed by atoms with van der Waals surface area (Å²) in [6.07, 6.45) is -0.720. The number of H-pyrrole nitrogens is 1. The van der Waals surface area contributed by atoms with Crippen molar-refractivity contribution in [1.82, 2.24) is 14.9 Å². The first-order valence-electron chi connectivity index (χ1n) is 10.4. The monoisotopic (exact) mass is 459 g/mol. The molecule has 0 aliphatic heterocycles. The molecule has 0 amide bonds. The SMILES string of the molecule is COC(=O)c1sc2nc(CN(C[C@@H](O)COc3ccccc3C)C(C)C)[nH]c(=O)c2c1C. The van der Waals surface area contributed by atoms with Gasteiger partial charge < -0.3 is 19.6 Å². The zero-order valence-electron chi connectivity index (χ0n) is 19.0. The van der Waals surface area contributed by atoms with E-state index >= 15 is 0 Å². The summed E-state index contributed by atoms with van der Waals surface area (Å²) in [6, 6.07) is 7.76. The van der Waals surface area contributed by atoms with E-state index in [2.05, 4.69) is 9.97 Å². The van der Waals surface area contributed by atoms with E-state index in [0.29, 0.717) is 39.6 Å². The summed E-state index contributed by atoms with van der Waals surface area (Å²) in [5, 5.41) is 10.9. The predicted molar refractivity (Wildman–Crippen MR) is 125 cm³/mol. The van der Waals surface area contributed by atoms with Crippen molar-refractivity contribution in [2.75, 3.05) is 20.3 Å². The van der Waals surface area contributed by atoms with Crippen LogP contribution in [-0.4, -0.2) is 58.4 Å². The van der Waals surface area contributed by atoms with E-state index < -0.39 is 12.1 Å². The van der Waals surface area contributed by atoms with Crippen LogP contribution in [0.4, 0.5) is 0 Å². The average Bonchev–Trinajstić information content (AvgIpc) is 3.08. The Hall–Kier alpha value is -2.75. The van der Waals surface area contributed by atoms with Gasteiger partial charge in [-0.2, -0.15) is 0 Å². The molecule has 172 valence electrons. The molecule has 0 aliphatic rings.